The van der Waals surface area contributed by atoms with Crippen molar-refractivity contribution in [2.75, 3.05) is 5.32 Å². The van der Waals surface area contributed by atoms with Crippen molar-refractivity contribution in [1.29, 1.82) is 0 Å². The topological polar surface area (TPSA) is 79.3 Å². The van der Waals surface area contributed by atoms with Gasteiger partial charge in [-0.05, 0) is 35.9 Å². The minimum absolute atomic E-state index is 0.0826. The van der Waals surface area contributed by atoms with Crippen LogP contribution >= 0.6 is 0 Å². The molecule has 0 saturated heterocycles. The number of nitrogens with one attached hydrogen (secondary N) is 1. The van der Waals surface area contributed by atoms with Crippen LogP contribution in [0.25, 0.3) is 6.08 Å². The van der Waals surface area contributed by atoms with Crippen molar-refractivity contribution in [3.05, 3.63) is 65.7 Å². The Balaban J connectivity index is 2.06. The Hall–Kier alpha value is -3.02. The van der Waals surface area contributed by atoms with Crippen LogP contribution in [0.15, 0.2) is 48.8 Å². The standard InChI is InChI=1S/C15H11FN2O3/c16-12-8-11(15(20)21)4-5-13(12)18-14(19)6-3-10-2-1-7-17-9-10/h1-9H,(H,18,19)(H,20,21). The molecule has 0 fully saturated rings. The zero-order valence-electron chi connectivity index (χ0n) is 10.8. The Morgan fingerprint density at radius 2 is 2.10 bits per heavy atom. The molecule has 106 valence electrons. The highest BCUT2D eigenvalue weighted by Crippen LogP contribution is 2.16. The van der Waals surface area contributed by atoms with Crippen LogP contribution in [0, 0.1) is 5.82 Å². The van der Waals surface area contributed by atoms with E-state index in [0.717, 1.165) is 11.6 Å². The summed E-state index contributed by atoms with van der Waals surface area (Å²) in [7, 11) is 0. The first-order chi connectivity index (χ1) is 10.1. The van der Waals surface area contributed by atoms with Crippen LogP contribution in [0.3, 0.4) is 0 Å². The maximum atomic E-state index is 13.6. The van der Waals surface area contributed by atoms with E-state index in [4.69, 9.17) is 5.11 Å². The molecule has 0 aliphatic carbocycles. The third-order valence-corrected chi connectivity index (χ3v) is 2.59. The number of halogens is 1. The molecule has 0 saturated carbocycles. The number of rotatable bonds is 4. The van der Waals surface area contributed by atoms with Crippen molar-refractivity contribution in [3.8, 4) is 0 Å². The zero-order valence-corrected chi connectivity index (χ0v) is 10.8. The highest BCUT2D eigenvalue weighted by molar-refractivity contribution is 6.02. The second-order valence-electron chi connectivity index (χ2n) is 4.11. The summed E-state index contributed by atoms with van der Waals surface area (Å²) in [4.78, 5) is 26.2. The van der Waals surface area contributed by atoms with Gasteiger partial charge >= 0.3 is 5.97 Å². The van der Waals surface area contributed by atoms with Crippen molar-refractivity contribution < 1.29 is 19.1 Å². The van der Waals surface area contributed by atoms with E-state index in [1.165, 1.54) is 24.3 Å². The van der Waals surface area contributed by atoms with E-state index in [0.29, 0.717) is 0 Å². The van der Waals surface area contributed by atoms with Gasteiger partial charge in [-0.2, -0.15) is 0 Å². The molecule has 1 heterocycles. The fourth-order valence-electron chi connectivity index (χ4n) is 1.57. The molecule has 0 radical (unpaired) electrons. The summed E-state index contributed by atoms with van der Waals surface area (Å²) in [6.45, 7) is 0. The molecule has 2 rings (SSSR count). The molecule has 2 N–H and O–H groups in total. The van der Waals surface area contributed by atoms with Gasteiger partial charge in [0.1, 0.15) is 5.82 Å². The summed E-state index contributed by atoms with van der Waals surface area (Å²) >= 11 is 0. The van der Waals surface area contributed by atoms with E-state index in [2.05, 4.69) is 10.3 Å². The van der Waals surface area contributed by atoms with Gasteiger partial charge in [-0.25, -0.2) is 9.18 Å². The molecular weight excluding hydrogens is 275 g/mol. The van der Waals surface area contributed by atoms with Crippen molar-refractivity contribution in [2.45, 2.75) is 0 Å². The second kappa shape index (κ2) is 6.42. The summed E-state index contributed by atoms with van der Waals surface area (Å²) < 4.78 is 13.6. The van der Waals surface area contributed by atoms with E-state index < -0.39 is 17.7 Å². The number of hydrogen-bond acceptors (Lipinski definition) is 3. The average molecular weight is 286 g/mol. The molecule has 0 unspecified atom stereocenters. The van der Waals surface area contributed by atoms with Crippen LogP contribution in [0.4, 0.5) is 10.1 Å². The number of carbonyl (C=O) groups excluding carboxylic acids is 1. The summed E-state index contributed by atoms with van der Waals surface area (Å²) in [5, 5.41) is 11.1. The monoisotopic (exact) mass is 286 g/mol. The molecule has 0 spiro atoms. The summed E-state index contributed by atoms with van der Waals surface area (Å²) in [6.07, 6.45) is 5.95. The summed E-state index contributed by atoms with van der Waals surface area (Å²) in [5.74, 6) is -2.57. The molecule has 0 aliphatic heterocycles. The van der Waals surface area contributed by atoms with Gasteiger partial charge < -0.3 is 10.4 Å². The molecule has 5 nitrogen and oxygen atoms in total. The van der Waals surface area contributed by atoms with E-state index in [9.17, 15) is 14.0 Å². The maximum Gasteiger partial charge on any atom is 0.335 e. The first-order valence-corrected chi connectivity index (χ1v) is 5.98. The smallest absolute Gasteiger partial charge is 0.335 e. The molecule has 0 bridgehead atoms. The SMILES string of the molecule is O=C(C=Cc1cccnc1)Nc1ccc(C(=O)O)cc1F. The summed E-state index contributed by atoms with van der Waals surface area (Å²) in [6, 6.07) is 6.75. The van der Waals surface area contributed by atoms with Gasteiger partial charge in [-0.15, -0.1) is 0 Å². The third kappa shape index (κ3) is 3.97. The van der Waals surface area contributed by atoms with Gasteiger partial charge in [0.05, 0.1) is 11.3 Å². The lowest BCUT2D eigenvalue weighted by atomic mass is 10.2. The largest absolute Gasteiger partial charge is 0.478 e. The van der Waals surface area contributed by atoms with E-state index in [1.807, 2.05) is 0 Å². The van der Waals surface area contributed by atoms with E-state index in [-0.39, 0.29) is 11.3 Å². The quantitative estimate of drug-likeness (QED) is 0.847. The lowest BCUT2D eigenvalue weighted by Crippen LogP contribution is -2.10. The van der Waals surface area contributed by atoms with Crippen molar-refractivity contribution in [3.63, 3.8) is 0 Å². The number of pyridine rings is 1. The van der Waals surface area contributed by atoms with E-state index in [1.54, 1.807) is 24.5 Å². The van der Waals surface area contributed by atoms with Gasteiger partial charge in [-0.1, -0.05) is 6.07 Å². The Labute approximate surface area is 119 Å². The predicted molar refractivity (Wildman–Crippen MR) is 75.3 cm³/mol. The number of carboxylic acid groups (broad SMARTS) is 1. The molecular formula is C15H11FN2O3. The van der Waals surface area contributed by atoms with Gasteiger partial charge in [0.15, 0.2) is 0 Å². The molecule has 2 aromatic rings. The van der Waals surface area contributed by atoms with Crippen LogP contribution in [0.5, 0.6) is 0 Å². The lowest BCUT2D eigenvalue weighted by Gasteiger charge is -2.04. The number of hydrogen-bond donors (Lipinski definition) is 2. The highest BCUT2D eigenvalue weighted by atomic mass is 19.1. The number of amides is 1. The predicted octanol–water partition coefficient (Wildman–Crippen LogP) is 2.57. The minimum atomic E-state index is -1.23. The molecule has 6 heteroatoms. The first-order valence-electron chi connectivity index (χ1n) is 5.98. The lowest BCUT2D eigenvalue weighted by molar-refractivity contribution is -0.111. The fourth-order valence-corrected chi connectivity index (χ4v) is 1.57. The molecule has 0 atom stereocenters. The van der Waals surface area contributed by atoms with Crippen LogP contribution < -0.4 is 5.32 Å². The third-order valence-electron chi connectivity index (χ3n) is 2.59. The minimum Gasteiger partial charge on any atom is -0.478 e. The highest BCUT2D eigenvalue weighted by Gasteiger charge is 2.09. The van der Waals surface area contributed by atoms with Crippen LogP contribution in [0.2, 0.25) is 0 Å². The normalized spacial score (nSPS) is 10.5. The fraction of sp³-hybridized carbons (Fsp3) is 0. The number of benzene rings is 1. The number of anilines is 1. The number of carbonyl (C=O) groups is 2. The Morgan fingerprint density at radius 1 is 1.29 bits per heavy atom. The zero-order chi connectivity index (χ0) is 15.2. The number of aromatic carboxylic acids is 1. The number of carboxylic acids is 1. The average Bonchev–Trinajstić information content (AvgIpc) is 2.48. The summed E-state index contributed by atoms with van der Waals surface area (Å²) in [5.41, 5.74) is 0.464. The molecule has 0 aliphatic rings. The molecule has 1 amide bonds. The van der Waals surface area contributed by atoms with Crippen LogP contribution in [-0.2, 0) is 4.79 Å². The Bertz CT molecular complexity index is 699. The Morgan fingerprint density at radius 3 is 2.71 bits per heavy atom. The Kier molecular flexibility index (Phi) is 4.40. The van der Waals surface area contributed by atoms with Gasteiger partial charge in [-0.3, -0.25) is 9.78 Å². The second-order valence-corrected chi connectivity index (χ2v) is 4.11. The van der Waals surface area contributed by atoms with Crippen LogP contribution in [0.1, 0.15) is 15.9 Å². The number of aromatic nitrogens is 1. The maximum absolute atomic E-state index is 13.6. The van der Waals surface area contributed by atoms with Gasteiger partial charge in [0.2, 0.25) is 5.91 Å². The molecule has 1 aromatic heterocycles. The molecule has 21 heavy (non-hydrogen) atoms. The van der Waals surface area contributed by atoms with Crippen LogP contribution in [-0.4, -0.2) is 22.0 Å². The number of nitrogens with zero attached hydrogens (tertiary/aromatic N) is 1. The van der Waals surface area contributed by atoms with Crippen molar-refractivity contribution in [1.82, 2.24) is 4.98 Å². The first kappa shape index (κ1) is 14.4. The van der Waals surface area contributed by atoms with Gasteiger partial charge in [0.25, 0.3) is 0 Å². The van der Waals surface area contributed by atoms with Crippen molar-refractivity contribution in [2.24, 2.45) is 0 Å². The van der Waals surface area contributed by atoms with Crippen molar-refractivity contribution >= 4 is 23.6 Å². The molecule has 1 aromatic carbocycles. The van der Waals surface area contributed by atoms with E-state index >= 15 is 0 Å². The van der Waals surface area contributed by atoms with Gasteiger partial charge in [0, 0.05) is 18.5 Å².